The lowest BCUT2D eigenvalue weighted by Crippen LogP contribution is -1.92. The second-order valence-corrected chi connectivity index (χ2v) is 6.45. The molecule has 0 spiro atoms. The van der Waals surface area contributed by atoms with E-state index >= 15 is 0 Å². The number of benzene rings is 4. The van der Waals surface area contributed by atoms with E-state index in [0.29, 0.717) is 0 Å². The molecular formula is C22H14ClN. The highest BCUT2D eigenvalue weighted by Gasteiger charge is 2.14. The number of rotatable bonds is 1. The van der Waals surface area contributed by atoms with Crippen molar-refractivity contribution in [2.75, 3.05) is 0 Å². The van der Waals surface area contributed by atoms with E-state index < -0.39 is 0 Å². The summed E-state index contributed by atoms with van der Waals surface area (Å²) in [5, 5.41) is 5.80. The van der Waals surface area contributed by atoms with Gasteiger partial charge in [-0.3, -0.25) is 0 Å². The fourth-order valence-electron chi connectivity index (χ4n) is 3.62. The topological polar surface area (TPSA) is 4.93 Å². The third kappa shape index (κ3) is 1.88. The van der Waals surface area contributed by atoms with Crippen molar-refractivity contribution in [1.82, 2.24) is 4.57 Å². The Kier molecular flexibility index (Phi) is 2.91. The molecule has 5 rings (SSSR count). The molecule has 1 heterocycles. The van der Waals surface area contributed by atoms with Gasteiger partial charge in [-0.25, -0.2) is 0 Å². The van der Waals surface area contributed by atoms with Crippen LogP contribution in [0, 0.1) is 0 Å². The molecule has 0 bridgehead atoms. The lowest BCUT2D eigenvalue weighted by Gasteiger charge is -2.08. The van der Waals surface area contributed by atoms with E-state index in [9.17, 15) is 0 Å². The maximum Gasteiger partial charge on any atom is 0.0556 e. The van der Waals surface area contributed by atoms with Crippen LogP contribution in [-0.4, -0.2) is 4.57 Å². The fourth-order valence-corrected chi connectivity index (χ4v) is 3.78. The number of nitrogens with zero attached hydrogens (tertiary/aromatic N) is 1. The molecule has 0 unspecified atom stereocenters. The summed E-state index contributed by atoms with van der Waals surface area (Å²) in [7, 11) is 0. The van der Waals surface area contributed by atoms with E-state index in [1.165, 1.54) is 27.1 Å². The minimum Gasteiger partial charge on any atom is -0.309 e. The Bertz CT molecular complexity index is 1200. The molecule has 0 fully saturated rings. The van der Waals surface area contributed by atoms with E-state index in [2.05, 4.69) is 77.4 Å². The minimum atomic E-state index is 0.756. The number of hydrogen-bond donors (Lipinski definition) is 0. The summed E-state index contributed by atoms with van der Waals surface area (Å²) in [4.78, 5) is 0. The second kappa shape index (κ2) is 5.12. The molecule has 24 heavy (non-hydrogen) atoms. The number of hydrogen-bond acceptors (Lipinski definition) is 0. The average Bonchev–Trinajstić information content (AvgIpc) is 2.96. The van der Waals surface area contributed by atoms with Crippen molar-refractivity contribution < 1.29 is 0 Å². The first-order valence-corrected chi connectivity index (χ1v) is 8.37. The summed E-state index contributed by atoms with van der Waals surface area (Å²) in [6, 6.07) is 29.5. The van der Waals surface area contributed by atoms with E-state index in [4.69, 9.17) is 11.6 Å². The van der Waals surface area contributed by atoms with Gasteiger partial charge in [0.1, 0.15) is 0 Å². The van der Waals surface area contributed by atoms with E-state index in [0.717, 1.165) is 16.2 Å². The van der Waals surface area contributed by atoms with Crippen LogP contribution < -0.4 is 0 Å². The van der Waals surface area contributed by atoms with Crippen LogP contribution in [0.1, 0.15) is 0 Å². The van der Waals surface area contributed by atoms with Gasteiger partial charge in [0.2, 0.25) is 0 Å². The zero-order chi connectivity index (χ0) is 16.1. The third-order valence-electron chi connectivity index (χ3n) is 4.63. The van der Waals surface area contributed by atoms with Crippen LogP contribution in [0.3, 0.4) is 0 Å². The van der Waals surface area contributed by atoms with Crippen molar-refractivity contribution in [2.45, 2.75) is 0 Å². The van der Waals surface area contributed by atoms with Gasteiger partial charge in [-0.2, -0.15) is 0 Å². The van der Waals surface area contributed by atoms with Gasteiger partial charge in [-0.05, 0) is 41.1 Å². The molecule has 2 heteroatoms. The second-order valence-electron chi connectivity index (χ2n) is 6.01. The van der Waals surface area contributed by atoms with Crippen LogP contribution in [-0.2, 0) is 0 Å². The van der Waals surface area contributed by atoms with Crippen LogP contribution in [0.15, 0.2) is 84.9 Å². The average molecular weight is 328 g/mol. The molecule has 5 aromatic rings. The van der Waals surface area contributed by atoms with Crippen LogP contribution >= 0.6 is 11.6 Å². The molecule has 114 valence electrons. The van der Waals surface area contributed by atoms with Crippen LogP contribution in [0.25, 0.3) is 38.3 Å². The maximum absolute atomic E-state index is 6.31. The van der Waals surface area contributed by atoms with Gasteiger partial charge in [0.15, 0.2) is 0 Å². The highest BCUT2D eigenvalue weighted by atomic mass is 35.5. The Morgan fingerprint density at radius 1 is 0.625 bits per heavy atom. The van der Waals surface area contributed by atoms with Crippen molar-refractivity contribution >= 4 is 44.2 Å². The zero-order valence-corrected chi connectivity index (χ0v) is 13.7. The predicted molar refractivity (Wildman–Crippen MR) is 103 cm³/mol. The molecule has 0 saturated carbocycles. The molecule has 0 amide bonds. The SMILES string of the molecule is Clc1ccc2c3c4ccccc4ccc3n(-c3ccccc3)c2c1. The first-order valence-electron chi connectivity index (χ1n) is 8.00. The molecule has 0 saturated heterocycles. The van der Waals surface area contributed by atoms with E-state index in [-0.39, 0.29) is 0 Å². The Hall–Kier alpha value is -2.77. The van der Waals surface area contributed by atoms with Gasteiger partial charge in [-0.1, -0.05) is 66.2 Å². The molecule has 1 aromatic heterocycles. The normalized spacial score (nSPS) is 11.5. The summed E-state index contributed by atoms with van der Waals surface area (Å²) >= 11 is 6.31. The van der Waals surface area contributed by atoms with Crippen LogP contribution in [0.2, 0.25) is 5.02 Å². The number of aromatic nitrogens is 1. The van der Waals surface area contributed by atoms with Crippen molar-refractivity contribution in [1.29, 1.82) is 0 Å². The fraction of sp³-hybridized carbons (Fsp3) is 0. The highest BCUT2D eigenvalue weighted by Crippen LogP contribution is 2.37. The Morgan fingerprint density at radius 3 is 2.29 bits per heavy atom. The Morgan fingerprint density at radius 2 is 1.42 bits per heavy atom. The zero-order valence-electron chi connectivity index (χ0n) is 12.9. The third-order valence-corrected chi connectivity index (χ3v) is 4.87. The predicted octanol–water partition coefficient (Wildman–Crippen LogP) is 6.59. The van der Waals surface area contributed by atoms with E-state index in [1.807, 2.05) is 12.1 Å². The van der Waals surface area contributed by atoms with Gasteiger partial charge in [0, 0.05) is 21.5 Å². The maximum atomic E-state index is 6.31. The van der Waals surface area contributed by atoms with Crippen molar-refractivity contribution in [3.05, 3.63) is 90.0 Å². The Labute approximate surface area is 144 Å². The van der Waals surface area contributed by atoms with Gasteiger partial charge in [-0.15, -0.1) is 0 Å². The van der Waals surface area contributed by atoms with Gasteiger partial charge in [0.05, 0.1) is 11.0 Å². The molecule has 0 aliphatic rings. The molecule has 0 atom stereocenters. The Balaban J connectivity index is 2.07. The monoisotopic (exact) mass is 327 g/mol. The number of halogens is 1. The van der Waals surface area contributed by atoms with E-state index in [1.54, 1.807) is 0 Å². The van der Waals surface area contributed by atoms with Crippen molar-refractivity contribution in [3.63, 3.8) is 0 Å². The van der Waals surface area contributed by atoms with Crippen LogP contribution in [0.5, 0.6) is 0 Å². The molecule has 0 N–H and O–H groups in total. The molecule has 1 nitrogen and oxygen atoms in total. The summed E-state index contributed by atoms with van der Waals surface area (Å²) < 4.78 is 2.29. The molecular weight excluding hydrogens is 314 g/mol. The largest absolute Gasteiger partial charge is 0.309 e. The molecule has 0 aliphatic carbocycles. The van der Waals surface area contributed by atoms with Crippen molar-refractivity contribution in [3.8, 4) is 5.69 Å². The molecule has 0 aliphatic heterocycles. The first kappa shape index (κ1) is 13.6. The first-order chi connectivity index (χ1) is 11.8. The van der Waals surface area contributed by atoms with Gasteiger partial charge >= 0.3 is 0 Å². The van der Waals surface area contributed by atoms with Gasteiger partial charge < -0.3 is 4.57 Å². The standard InChI is InChI=1S/C22H14ClN/c23-16-11-12-19-21(14-16)24(17-7-2-1-3-8-17)20-13-10-15-6-4-5-9-18(15)22(19)20/h1-14H. The minimum absolute atomic E-state index is 0.756. The smallest absolute Gasteiger partial charge is 0.0556 e. The van der Waals surface area contributed by atoms with Gasteiger partial charge in [0.25, 0.3) is 0 Å². The summed E-state index contributed by atoms with van der Waals surface area (Å²) in [5.41, 5.74) is 3.49. The lowest BCUT2D eigenvalue weighted by atomic mass is 10.0. The van der Waals surface area contributed by atoms with Crippen molar-refractivity contribution in [2.24, 2.45) is 0 Å². The summed E-state index contributed by atoms with van der Waals surface area (Å²) in [6.07, 6.45) is 0. The number of para-hydroxylation sites is 1. The highest BCUT2D eigenvalue weighted by molar-refractivity contribution is 6.32. The number of fused-ring (bicyclic) bond motifs is 5. The lowest BCUT2D eigenvalue weighted by molar-refractivity contribution is 1.18. The van der Waals surface area contributed by atoms with Crippen LogP contribution in [0.4, 0.5) is 0 Å². The molecule has 0 radical (unpaired) electrons. The summed E-state index contributed by atoms with van der Waals surface area (Å²) in [6.45, 7) is 0. The summed E-state index contributed by atoms with van der Waals surface area (Å²) in [5.74, 6) is 0. The molecule has 4 aromatic carbocycles. The quantitative estimate of drug-likeness (QED) is 0.327.